The van der Waals surface area contributed by atoms with E-state index in [4.69, 9.17) is 10.3 Å². The molecule has 7 nitrogen and oxygen atoms in total. The lowest BCUT2D eigenvalue weighted by Gasteiger charge is -2.39. The summed E-state index contributed by atoms with van der Waals surface area (Å²) in [5.74, 6) is 0.994. The van der Waals surface area contributed by atoms with Crippen LogP contribution >= 0.6 is 0 Å². The summed E-state index contributed by atoms with van der Waals surface area (Å²) >= 11 is 0. The van der Waals surface area contributed by atoms with E-state index in [2.05, 4.69) is 17.1 Å². The van der Waals surface area contributed by atoms with Gasteiger partial charge in [-0.25, -0.2) is 0 Å². The van der Waals surface area contributed by atoms with E-state index in [1.165, 1.54) is 5.56 Å². The zero-order chi connectivity index (χ0) is 20.9. The molecule has 0 aliphatic carbocycles. The number of rotatable bonds is 8. The maximum Gasteiger partial charge on any atom is 0.226 e. The first-order valence-corrected chi connectivity index (χ1v) is 10.4. The lowest BCUT2D eigenvalue weighted by Crippen LogP contribution is -2.48. The maximum absolute atomic E-state index is 12.5. The van der Waals surface area contributed by atoms with Gasteiger partial charge in [-0.1, -0.05) is 48.3 Å². The Morgan fingerprint density at radius 1 is 1.21 bits per heavy atom. The molecule has 2 aromatic rings. The van der Waals surface area contributed by atoms with Gasteiger partial charge in [-0.15, -0.1) is 0 Å². The third kappa shape index (κ3) is 5.02. The van der Waals surface area contributed by atoms with Crippen LogP contribution in [0.3, 0.4) is 0 Å². The van der Waals surface area contributed by atoms with Crippen LogP contribution in [0.1, 0.15) is 56.9 Å². The number of hydrogen-bond acceptors (Lipinski definition) is 5. The minimum atomic E-state index is -0.443. The molecule has 2 heterocycles. The molecule has 7 heteroatoms. The van der Waals surface area contributed by atoms with E-state index in [9.17, 15) is 9.59 Å². The number of aromatic nitrogens is 2. The van der Waals surface area contributed by atoms with Gasteiger partial charge in [0.2, 0.25) is 23.5 Å². The first-order valence-electron chi connectivity index (χ1n) is 10.4. The van der Waals surface area contributed by atoms with Crippen LogP contribution in [0.15, 0.2) is 28.8 Å². The summed E-state index contributed by atoms with van der Waals surface area (Å²) in [5.41, 5.74) is 7.29. The normalized spacial score (nSPS) is 16.0. The lowest BCUT2D eigenvalue weighted by molar-refractivity contribution is -0.139. The van der Waals surface area contributed by atoms with Crippen LogP contribution in [0, 0.1) is 12.3 Å². The van der Waals surface area contributed by atoms with Crippen molar-refractivity contribution in [3.63, 3.8) is 0 Å². The van der Waals surface area contributed by atoms with Crippen molar-refractivity contribution in [2.24, 2.45) is 11.1 Å². The zero-order valence-electron chi connectivity index (χ0n) is 17.3. The van der Waals surface area contributed by atoms with E-state index < -0.39 is 5.41 Å². The standard InChI is InChI=1S/C22H30N4O3/c1-3-11-22(21(23)28)12-14-26(15-13-22)19(27)6-4-5-18-24-20(25-29-18)17-9-7-16(2)8-10-17/h7-10H,3-6,11-15H2,1-2H3,(H2,23,28). The molecule has 1 fully saturated rings. The Bertz CT molecular complexity index is 836. The number of likely N-dealkylation sites (tertiary alicyclic amines) is 1. The van der Waals surface area contributed by atoms with Crippen molar-refractivity contribution < 1.29 is 14.1 Å². The smallest absolute Gasteiger partial charge is 0.226 e. The highest BCUT2D eigenvalue weighted by Crippen LogP contribution is 2.36. The number of nitrogens with two attached hydrogens (primary N) is 1. The summed E-state index contributed by atoms with van der Waals surface area (Å²) in [6, 6.07) is 7.95. The molecule has 1 aliphatic heterocycles. The van der Waals surface area contributed by atoms with Gasteiger partial charge in [0.15, 0.2) is 0 Å². The van der Waals surface area contributed by atoms with Crippen molar-refractivity contribution in [1.29, 1.82) is 0 Å². The average molecular weight is 399 g/mol. The van der Waals surface area contributed by atoms with Gasteiger partial charge in [0.05, 0.1) is 5.41 Å². The van der Waals surface area contributed by atoms with E-state index >= 15 is 0 Å². The maximum atomic E-state index is 12.5. The number of aryl methyl sites for hydroxylation is 2. The van der Waals surface area contributed by atoms with Crippen molar-refractivity contribution in [1.82, 2.24) is 15.0 Å². The second-order valence-corrected chi connectivity index (χ2v) is 8.01. The predicted octanol–water partition coefficient (Wildman–Crippen LogP) is 3.26. The van der Waals surface area contributed by atoms with Crippen LogP contribution in [0.4, 0.5) is 0 Å². The Balaban J connectivity index is 1.46. The SMILES string of the molecule is CCCC1(C(N)=O)CCN(C(=O)CCCc2nc(-c3ccc(C)cc3)no2)CC1. The monoisotopic (exact) mass is 398 g/mol. The highest BCUT2D eigenvalue weighted by molar-refractivity contribution is 5.82. The van der Waals surface area contributed by atoms with E-state index in [0.717, 1.165) is 18.4 Å². The highest BCUT2D eigenvalue weighted by atomic mass is 16.5. The van der Waals surface area contributed by atoms with Crippen molar-refractivity contribution in [2.45, 2.75) is 58.8 Å². The van der Waals surface area contributed by atoms with Crippen molar-refractivity contribution >= 4 is 11.8 Å². The summed E-state index contributed by atoms with van der Waals surface area (Å²) in [5, 5.41) is 4.03. The fraction of sp³-hybridized carbons (Fsp3) is 0.545. The molecule has 1 aromatic carbocycles. The Hall–Kier alpha value is -2.70. The quantitative estimate of drug-likeness (QED) is 0.735. The molecule has 1 aromatic heterocycles. The summed E-state index contributed by atoms with van der Waals surface area (Å²) < 4.78 is 5.32. The highest BCUT2D eigenvalue weighted by Gasteiger charge is 2.39. The molecule has 0 spiro atoms. The summed E-state index contributed by atoms with van der Waals surface area (Å²) in [4.78, 5) is 30.7. The first-order chi connectivity index (χ1) is 13.9. The molecule has 156 valence electrons. The van der Waals surface area contributed by atoms with Gasteiger partial charge in [-0.05, 0) is 32.6 Å². The fourth-order valence-corrected chi connectivity index (χ4v) is 4.01. The Morgan fingerprint density at radius 2 is 1.90 bits per heavy atom. The molecule has 0 atom stereocenters. The van der Waals surface area contributed by atoms with E-state index in [-0.39, 0.29) is 11.8 Å². The molecule has 29 heavy (non-hydrogen) atoms. The number of carbonyl (C=O) groups excluding carboxylic acids is 2. The average Bonchev–Trinajstić information content (AvgIpc) is 3.18. The van der Waals surface area contributed by atoms with Crippen LogP contribution in [0.5, 0.6) is 0 Å². The van der Waals surface area contributed by atoms with Crippen LogP contribution in [0.25, 0.3) is 11.4 Å². The van der Waals surface area contributed by atoms with E-state index in [1.807, 2.05) is 36.1 Å². The third-order valence-corrected chi connectivity index (χ3v) is 5.88. The molecule has 2 amide bonds. The van der Waals surface area contributed by atoms with Crippen LogP contribution in [-0.2, 0) is 16.0 Å². The van der Waals surface area contributed by atoms with Gasteiger partial charge in [-0.3, -0.25) is 9.59 Å². The van der Waals surface area contributed by atoms with E-state index in [1.54, 1.807) is 0 Å². The molecule has 1 saturated heterocycles. The van der Waals surface area contributed by atoms with Crippen molar-refractivity contribution in [2.75, 3.05) is 13.1 Å². The second-order valence-electron chi connectivity index (χ2n) is 8.01. The summed E-state index contributed by atoms with van der Waals surface area (Å²) in [6.45, 7) is 5.28. The molecule has 1 aliphatic rings. The Labute approximate surface area is 171 Å². The van der Waals surface area contributed by atoms with E-state index in [0.29, 0.717) is 56.9 Å². The Morgan fingerprint density at radius 3 is 2.52 bits per heavy atom. The van der Waals surface area contributed by atoms with Gasteiger partial charge in [0.1, 0.15) is 0 Å². The second kappa shape index (κ2) is 9.20. The number of primary amides is 1. The van der Waals surface area contributed by atoms with Crippen LogP contribution in [-0.4, -0.2) is 39.9 Å². The molecular weight excluding hydrogens is 368 g/mol. The molecular formula is C22H30N4O3. The van der Waals surface area contributed by atoms with Crippen LogP contribution in [0.2, 0.25) is 0 Å². The number of nitrogens with zero attached hydrogens (tertiary/aromatic N) is 3. The van der Waals surface area contributed by atoms with Crippen molar-refractivity contribution in [3.05, 3.63) is 35.7 Å². The topological polar surface area (TPSA) is 102 Å². The molecule has 0 saturated carbocycles. The predicted molar refractivity (Wildman–Crippen MR) is 110 cm³/mol. The summed E-state index contributed by atoms with van der Waals surface area (Å²) in [7, 11) is 0. The molecule has 3 rings (SSSR count). The number of hydrogen-bond donors (Lipinski definition) is 1. The molecule has 0 radical (unpaired) electrons. The number of piperidine rings is 1. The van der Waals surface area contributed by atoms with Crippen molar-refractivity contribution in [3.8, 4) is 11.4 Å². The largest absolute Gasteiger partial charge is 0.369 e. The Kier molecular flexibility index (Phi) is 6.67. The van der Waals surface area contributed by atoms with Gasteiger partial charge in [0.25, 0.3) is 0 Å². The first kappa shape index (κ1) is 21.0. The van der Waals surface area contributed by atoms with Gasteiger partial charge in [0, 0.05) is 31.5 Å². The van der Waals surface area contributed by atoms with Gasteiger partial charge < -0.3 is 15.2 Å². The number of benzene rings is 1. The van der Waals surface area contributed by atoms with Gasteiger partial charge in [-0.2, -0.15) is 4.98 Å². The summed E-state index contributed by atoms with van der Waals surface area (Å²) in [6.07, 6.45) is 4.69. The fourth-order valence-electron chi connectivity index (χ4n) is 4.01. The minimum Gasteiger partial charge on any atom is -0.369 e. The number of amides is 2. The lowest BCUT2D eigenvalue weighted by atomic mass is 9.74. The zero-order valence-corrected chi connectivity index (χ0v) is 17.3. The van der Waals surface area contributed by atoms with Gasteiger partial charge >= 0.3 is 0 Å². The molecule has 0 unspecified atom stereocenters. The molecule has 0 bridgehead atoms. The number of carbonyl (C=O) groups is 2. The van der Waals surface area contributed by atoms with Crippen LogP contribution < -0.4 is 5.73 Å². The third-order valence-electron chi connectivity index (χ3n) is 5.88. The molecule has 2 N–H and O–H groups in total. The minimum absolute atomic E-state index is 0.109.